The zero-order chi connectivity index (χ0) is 16.1. The second-order valence-corrected chi connectivity index (χ2v) is 5.70. The van der Waals surface area contributed by atoms with E-state index in [0.29, 0.717) is 25.3 Å². The van der Waals surface area contributed by atoms with Gasteiger partial charge < -0.3 is 14.5 Å². The highest BCUT2D eigenvalue weighted by molar-refractivity contribution is 5.95. The minimum Gasteiger partial charge on any atom is -0.468 e. The molecule has 1 saturated heterocycles. The molecule has 0 bridgehead atoms. The number of ether oxygens (including phenoxy) is 1. The van der Waals surface area contributed by atoms with Crippen LogP contribution in [0.4, 0.5) is 0 Å². The normalized spacial score (nSPS) is 16.9. The topological polar surface area (TPSA) is 54.7 Å². The summed E-state index contributed by atoms with van der Waals surface area (Å²) in [6.07, 6.45) is 1.67. The van der Waals surface area contributed by atoms with Crippen molar-refractivity contribution in [1.82, 2.24) is 10.2 Å². The molecule has 2 heterocycles. The first-order chi connectivity index (χ1) is 11.3. The fraction of sp³-hybridized carbons (Fsp3) is 0.389. The highest BCUT2D eigenvalue weighted by Gasteiger charge is 2.25. The number of hydrogen-bond donors (Lipinski definition) is 1. The second kappa shape index (κ2) is 7.44. The number of rotatable bonds is 5. The molecule has 23 heavy (non-hydrogen) atoms. The summed E-state index contributed by atoms with van der Waals surface area (Å²) >= 11 is 0. The van der Waals surface area contributed by atoms with Crippen molar-refractivity contribution in [3.05, 3.63) is 59.5 Å². The van der Waals surface area contributed by atoms with Gasteiger partial charge in [0.05, 0.1) is 25.5 Å². The Morgan fingerprint density at radius 2 is 2.00 bits per heavy atom. The van der Waals surface area contributed by atoms with Crippen LogP contribution in [0.25, 0.3) is 0 Å². The lowest BCUT2D eigenvalue weighted by Crippen LogP contribution is -2.43. The van der Waals surface area contributed by atoms with E-state index in [-0.39, 0.29) is 11.9 Å². The minimum absolute atomic E-state index is 0.0295. The Labute approximate surface area is 136 Å². The van der Waals surface area contributed by atoms with Crippen LogP contribution in [0.2, 0.25) is 0 Å². The highest BCUT2D eigenvalue weighted by atomic mass is 16.5. The van der Waals surface area contributed by atoms with Crippen molar-refractivity contribution >= 4 is 5.91 Å². The Balaban J connectivity index is 1.69. The summed E-state index contributed by atoms with van der Waals surface area (Å²) in [5, 5.41) is 3.04. The monoisotopic (exact) mass is 314 g/mol. The van der Waals surface area contributed by atoms with Crippen molar-refractivity contribution in [2.45, 2.75) is 13.0 Å². The molecule has 2 aromatic rings. The van der Waals surface area contributed by atoms with Gasteiger partial charge in [-0.1, -0.05) is 18.2 Å². The maximum Gasteiger partial charge on any atom is 0.251 e. The number of aryl methyl sites for hydroxylation is 1. The van der Waals surface area contributed by atoms with E-state index in [0.717, 1.165) is 24.4 Å². The molecule has 1 aromatic heterocycles. The summed E-state index contributed by atoms with van der Waals surface area (Å²) in [5.41, 5.74) is 1.69. The van der Waals surface area contributed by atoms with Gasteiger partial charge in [-0.3, -0.25) is 9.69 Å². The van der Waals surface area contributed by atoms with Gasteiger partial charge in [-0.25, -0.2) is 0 Å². The first-order valence-corrected chi connectivity index (χ1v) is 7.95. The Hall–Kier alpha value is -2.11. The van der Waals surface area contributed by atoms with Crippen LogP contribution < -0.4 is 5.32 Å². The van der Waals surface area contributed by atoms with E-state index < -0.39 is 0 Å². The van der Waals surface area contributed by atoms with Gasteiger partial charge >= 0.3 is 0 Å². The molecular formula is C18H22N2O3. The quantitative estimate of drug-likeness (QED) is 0.921. The average molecular weight is 314 g/mol. The fourth-order valence-electron chi connectivity index (χ4n) is 2.89. The molecule has 0 saturated carbocycles. The molecule has 122 valence electrons. The van der Waals surface area contributed by atoms with Gasteiger partial charge in [0.2, 0.25) is 0 Å². The third-order valence-corrected chi connectivity index (χ3v) is 4.20. The van der Waals surface area contributed by atoms with Gasteiger partial charge in [0.25, 0.3) is 5.91 Å². The number of nitrogens with zero attached hydrogens (tertiary/aromatic N) is 1. The third-order valence-electron chi connectivity index (χ3n) is 4.20. The predicted octanol–water partition coefficient (Wildman–Crippen LogP) is 2.39. The largest absolute Gasteiger partial charge is 0.468 e. The highest BCUT2D eigenvalue weighted by Crippen LogP contribution is 2.22. The molecule has 0 unspecified atom stereocenters. The molecule has 3 rings (SSSR count). The second-order valence-electron chi connectivity index (χ2n) is 5.70. The van der Waals surface area contributed by atoms with E-state index >= 15 is 0 Å². The number of benzene rings is 1. The third kappa shape index (κ3) is 3.81. The molecule has 0 spiro atoms. The smallest absolute Gasteiger partial charge is 0.251 e. The van der Waals surface area contributed by atoms with Gasteiger partial charge in [-0.05, 0) is 30.7 Å². The van der Waals surface area contributed by atoms with Crippen molar-refractivity contribution in [2.24, 2.45) is 0 Å². The number of carbonyl (C=O) groups is 1. The maximum atomic E-state index is 12.4. The van der Waals surface area contributed by atoms with Crippen LogP contribution in [-0.4, -0.2) is 43.7 Å². The van der Waals surface area contributed by atoms with Crippen LogP contribution in [0.3, 0.4) is 0 Å². The van der Waals surface area contributed by atoms with Gasteiger partial charge in [-0.15, -0.1) is 0 Å². The van der Waals surface area contributed by atoms with E-state index in [2.05, 4.69) is 10.2 Å². The number of amides is 1. The molecule has 0 aliphatic carbocycles. The number of morpholine rings is 1. The van der Waals surface area contributed by atoms with Crippen molar-refractivity contribution in [3.8, 4) is 0 Å². The van der Waals surface area contributed by atoms with Crippen molar-refractivity contribution in [1.29, 1.82) is 0 Å². The first kappa shape index (κ1) is 15.8. The minimum atomic E-state index is -0.0482. The molecular weight excluding hydrogens is 292 g/mol. The standard InChI is InChI=1S/C18H22N2O3/c1-14-5-2-3-6-15(14)18(21)19-13-16(17-7-4-10-23-17)20-8-11-22-12-9-20/h2-7,10,16H,8-9,11-13H2,1H3,(H,19,21)/t16-/m0/s1. The summed E-state index contributed by atoms with van der Waals surface area (Å²) in [6, 6.07) is 11.5. The molecule has 0 radical (unpaired) electrons. The van der Waals surface area contributed by atoms with Gasteiger partial charge in [-0.2, -0.15) is 0 Å². The molecule has 1 fully saturated rings. The first-order valence-electron chi connectivity index (χ1n) is 7.95. The fourth-order valence-corrected chi connectivity index (χ4v) is 2.89. The van der Waals surface area contributed by atoms with Gasteiger partial charge in [0, 0.05) is 25.2 Å². The summed E-state index contributed by atoms with van der Waals surface area (Å²) < 4.78 is 11.0. The molecule has 1 aromatic carbocycles. The molecule has 1 atom stereocenters. The van der Waals surface area contributed by atoms with E-state index in [1.165, 1.54) is 0 Å². The van der Waals surface area contributed by atoms with E-state index in [9.17, 15) is 4.79 Å². The van der Waals surface area contributed by atoms with Gasteiger partial charge in [0.1, 0.15) is 5.76 Å². The Morgan fingerprint density at radius 3 is 2.70 bits per heavy atom. The molecule has 5 nitrogen and oxygen atoms in total. The SMILES string of the molecule is Cc1ccccc1C(=O)NC[C@@H](c1ccco1)N1CCOCC1. The molecule has 1 aliphatic rings. The Bertz CT molecular complexity index is 633. The number of nitrogens with one attached hydrogen (secondary N) is 1. The zero-order valence-electron chi connectivity index (χ0n) is 13.3. The van der Waals surface area contributed by atoms with Crippen LogP contribution in [0.15, 0.2) is 47.1 Å². The van der Waals surface area contributed by atoms with Gasteiger partial charge in [0.15, 0.2) is 0 Å². The predicted molar refractivity (Wildman–Crippen MR) is 87.4 cm³/mol. The lowest BCUT2D eigenvalue weighted by atomic mass is 10.1. The summed E-state index contributed by atoms with van der Waals surface area (Å²) in [7, 11) is 0. The molecule has 1 aliphatic heterocycles. The van der Waals surface area contributed by atoms with Crippen LogP contribution >= 0.6 is 0 Å². The molecule has 1 N–H and O–H groups in total. The Kier molecular flexibility index (Phi) is 5.10. The van der Waals surface area contributed by atoms with Crippen molar-refractivity contribution in [2.75, 3.05) is 32.8 Å². The zero-order valence-corrected chi connectivity index (χ0v) is 13.3. The number of furan rings is 1. The number of hydrogen-bond acceptors (Lipinski definition) is 4. The average Bonchev–Trinajstić information content (AvgIpc) is 3.10. The van der Waals surface area contributed by atoms with Crippen LogP contribution in [0.5, 0.6) is 0 Å². The van der Waals surface area contributed by atoms with Crippen LogP contribution in [-0.2, 0) is 4.74 Å². The summed E-state index contributed by atoms with van der Waals surface area (Å²) in [4.78, 5) is 14.7. The summed E-state index contributed by atoms with van der Waals surface area (Å²) in [6.45, 7) is 5.56. The Morgan fingerprint density at radius 1 is 1.22 bits per heavy atom. The van der Waals surface area contributed by atoms with Crippen LogP contribution in [0, 0.1) is 6.92 Å². The van der Waals surface area contributed by atoms with E-state index in [1.54, 1.807) is 6.26 Å². The van der Waals surface area contributed by atoms with Crippen LogP contribution in [0.1, 0.15) is 27.7 Å². The summed E-state index contributed by atoms with van der Waals surface area (Å²) in [5.74, 6) is 0.824. The number of carbonyl (C=O) groups excluding carboxylic acids is 1. The molecule has 1 amide bonds. The lowest BCUT2D eigenvalue weighted by molar-refractivity contribution is 0.0118. The maximum absolute atomic E-state index is 12.4. The molecule has 5 heteroatoms. The van der Waals surface area contributed by atoms with E-state index in [1.807, 2.05) is 43.3 Å². The van der Waals surface area contributed by atoms with Crippen molar-refractivity contribution < 1.29 is 13.9 Å². The lowest BCUT2D eigenvalue weighted by Gasteiger charge is -2.33. The van der Waals surface area contributed by atoms with Crippen molar-refractivity contribution in [3.63, 3.8) is 0 Å². The van der Waals surface area contributed by atoms with E-state index in [4.69, 9.17) is 9.15 Å².